The van der Waals surface area contributed by atoms with Crippen LogP contribution in [0.15, 0.2) is 177 Å². The van der Waals surface area contributed by atoms with Crippen molar-refractivity contribution in [3.05, 3.63) is 216 Å². The van der Waals surface area contributed by atoms with Crippen LogP contribution in [0.25, 0.3) is 0 Å². The fourth-order valence-electron chi connectivity index (χ4n) is 9.39. The van der Waals surface area contributed by atoms with E-state index in [1.807, 2.05) is 0 Å². The molecule has 0 bridgehead atoms. The van der Waals surface area contributed by atoms with Crippen molar-refractivity contribution < 1.29 is 67.1 Å². The summed E-state index contributed by atoms with van der Waals surface area (Å²) in [4.78, 5) is 192. The van der Waals surface area contributed by atoms with Crippen LogP contribution < -0.4 is 27.1 Å². The highest BCUT2D eigenvalue weighted by Crippen LogP contribution is 2.28. The number of aliphatic imine (C=N–C) groups is 1. The number of nitrogens with zero attached hydrogens (tertiary/aromatic N) is 16. The molecule has 4 aliphatic heterocycles. The first-order valence-electron chi connectivity index (χ1n) is 28.3. The highest BCUT2D eigenvalue weighted by molar-refractivity contribution is 6.24. The number of hydrazine groups is 4. The number of imidazole rings is 4. The molecule has 484 valence electrons. The van der Waals surface area contributed by atoms with E-state index in [2.05, 4.69) is 46.3 Å². The van der Waals surface area contributed by atoms with Gasteiger partial charge in [0.15, 0.2) is 5.96 Å². The van der Waals surface area contributed by atoms with Gasteiger partial charge in [-0.25, -0.2) is 59.6 Å². The van der Waals surface area contributed by atoms with Gasteiger partial charge < -0.3 is 21.7 Å². The van der Waals surface area contributed by atoms with Gasteiger partial charge in [-0.3, -0.25) is 71.2 Å². The summed E-state index contributed by atoms with van der Waals surface area (Å²) in [5.41, 5.74) is 9.72. The monoisotopic (exact) mass is 1290 g/mol. The van der Waals surface area contributed by atoms with Crippen LogP contribution in [0, 0.1) is 0 Å². The number of aromatic nitrogens is 8. The number of nitrogens with one attached hydrogen (secondary N) is 4. The van der Waals surface area contributed by atoms with Crippen LogP contribution in [0.3, 0.4) is 0 Å². The van der Waals surface area contributed by atoms with E-state index in [9.17, 15) is 67.1 Å². The maximum atomic E-state index is 12.9. The number of likely N-dealkylation sites (N-methyl/N-ethyl adjacent to an activating group) is 1. The first kappa shape index (κ1) is 65.8. The van der Waals surface area contributed by atoms with Gasteiger partial charge in [0, 0.05) is 90.2 Å². The van der Waals surface area contributed by atoms with Crippen LogP contribution >= 0.6 is 0 Å². The summed E-state index contributed by atoms with van der Waals surface area (Å²) in [5, 5.41) is 13.6. The van der Waals surface area contributed by atoms with Crippen molar-refractivity contribution in [1.29, 1.82) is 0 Å². The fourth-order valence-corrected chi connectivity index (χ4v) is 9.39. The predicted molar refractivity (Wildman–Crippen MR) is 326 cm³/mol. The largest absolute Gasteiger partial charge is 0.370 e. The first-order chi connectivity index (χ1) is 45.8. The van der Waals surface area contributed by atoms with Crippen LogP contribution in [-0.4, -0.2) is 210 Å². The highest BCUT2D eigenvalue weighted by Gasteiger charge is 2.45. The number of fused-ring (bicyclic) bond motifs is 4. The van der Waals surface area contributed by atoms with Crippen molar-refractivity contribution >= 4 is 89.2 Å². The Morgan fingerprint density at radius 3 is 1.08 bits per heavy atom. The third kappa shape index (κ3) is 13.9. The zero-order valence-corrected chi connectivity index (χ0v) is 50.4. The molecule has 0 aliphatic carbocycles. The average molecular weight is 1290 g/mol. The van der Waals surface area contributed by atoms with Gasteiger partial charge in [0.25, 0.3) is 47.3 Å². The molecule has 14 amide bonds. The normalized spacial score (nSPS) is 13.3. The quantitative estimate of drug-likeness (QED) is 0.0473. The number of imide groups is 4. The fraction of sp³-hybridized carbons (Fsp3) is 0.150. The summed E-state index contributed by atoms with van der Waals surface area (Å²) >= 11 is 0. The van der Waals surface area contributed by atoms with E-state index in [0.717, 1.165) is 38.7 Å². The van der Waals surface area contributed by atoms with Crippen LogP contribution in [0.2, 0.25) is 0 Å². The molecule has 8 aromatic rings. The van der Waals surface area contributed by atoms with E-state index in [4.69, 9.17) is 5.73 Å². The minimum absolute atomic E-state index is 0.0651. The van der Waals surface area contributed by atoms with E-state index in [1.165, 1.54) is 118 Å². The Kier molecular flexibility index (Phi) is 20.3. The van der Waals surface area contributed by atoms with Crippen LogP contribution in [-0.2, 0) is 9.59 Å². The molecule has 4 aliphatic rings. The zero-order chi connectivity index (χ0) is 68.0. The standard InChI is InChI=1S/C17H19N7O3.C16H15N5O4.C15H13N5O4.C12H8N4O3/c1-19-16(18)21-7-4-9-23(17(27)22-10-8-20-11-22)24-14(25)12-5-2-3-6-13(12)15(24)26;1-17-13(22)6-8-20(16(25)19-9-7-18-10-19)21-14(23)11-4-2-3-5-12(11)15(21)24;1-16-12(21)8-19(15(24)18-7-6-17-9-18)20-13(22)10-4-2-3-5-11(10)14(20)23;17-10-8-3-1-2-4-9(8)11(18)16(10)14-12(19)15-6-5-13-7-15/h2-3,5-6,8,10-11H,4,7,9H2,1H3,(H3,18,19,21);2-5,7,9-10H,6,8H2,1H3,(H,17,22);2-7,9H,8H2,1H3,(H,16,21);1-7H,(H,14,19). The number of nitrogens with two attached hydrogens (primary N) is 1. The van der Waals surface area contributed by atoms with Gasteiger partial charge >= 0.3 is 24.1 Å². The second-order valence-electron chi connectivity index (χ2n) is 19.8. The Morgan fingerprint density at radius 2 is 0.758 bits per heavy atom. The van der Waals surface area contributed by atoms with Crippen molar-refractivity contribution in [2.75, 3.05) is 47.3 Å². The second kappa shape index (κ2) is 29.3. The molecule has 0 saturated carbocycles. The van der Waals surface area contributed by atoms with E-state index in [1.54, 1.807) is 79.8 Å². The summed E-state index contributed by atoms with van der Waals surface area (Å²) in [6, 6.07) is 22.8. The molecule has 35 nitrogen and oxygen atoms in total. The molecule has 35 heteroatoms. The molecule has 12 rings (SSSR count). The number of amides is 14. The summed E-state index contributed by atoms with van der Waals surface area (Å²) < 4.78 is 4.54. The lowest BCUT2D eigenvalue weighted by Crippen LogP contribution is -2.54. The Balaban J connectivity index is 0.000000150. The van der Waals surface area contributed by atoms with Gasteiger partial charge in [-0.05, 0) is 55.0 Å². The van der Waals surface area contributed by atoms with Gasteiger partial charge in [0.2, 0.25) is 11.8 Å². The minimum atomic E-state index is -0.745. The highest BCUT2D eigenvalue weighted by atomic mass is 16.2. The lowest BCUT2D eigenvalue weighted by atomic mass is 10.1. The molecule has 8 heterocycles. The number of benzene rings is 4. The van der Waals surface area contributed by atoms with Gasteiger partial charge in [-0.1, -0.05) is 48.5 Å². The molecule has 0 spiro atoms. The molecule has 0 fully saturated rings. The summed E-state index contributed by atoms with van der Waals surface area (Å²) in [6.07, 6.45) is 16.7. The smallest absolute Gasteiger partial charge is 0.349 e. The third-order valence-corrected chi connectivity index (χ3v) is 14.1. The van der Waals surface area contributed by atoms with Crippen LogP contribution in [0.5, 0.6) is 0 Å². The lowest BCUT2D eigenvalue weighted by Gasteiger charge is -2.29. The van der Waals surface area contributed by atoms with E-state index >= 15 is 0 Å². The molecule has 95 heavy (non-hydrogen) atoms. The molecule has 0 unspecified atom stereocenters. The molecular weight excluding hydrogens is 1240 g/mol. The Labute approximate surface area is 536 Å². The number of rotatable bonds is 13. The first-order valence-corrected chi connectivity index (χ1v) is 28.3. The molecule has 4 aromatic heterocycles. The predicted octanol–water partition coefficient (Wildman–Crippen LogP) is 1.55. The third-order valence-electron chi connectivity index (χ3n) is 14.1. The topological polar surface area (TPSA) is 419 Å². The molecule has 0 atom stereocenters. The van der Waals surface area contributed by atoms with Gasteiger partial charge in [-0.2, -0.15) is 20.0 Å². The van der Waals surface area contributed by atoms with Gasteiger partial charge in [-0.15, -0.1) is 0 Å². The number of guanidine groups is 1. The van der Waals surface area contributed by atoms with Gasteiger partial charge in [0.05, 0.1) is 51.1 Å². The molecule has 4 aromatic carbocycles. The molecular formula is C60H55N21O14. The van der Waals surface area contributed by atoms with E-state index in [-0.39, 0.29) is 75.9 Å². The number of carbonyl (C=O) groups excluding carboxylic acids is 14. The second-order valence-corrected chi connectivity index (χ2v) is 19.8. The number of carbonyl (C=O) groups is 14. The van der Waals surface area contributed by atoms with Gasteiger partial charge in [0.1, 0.15) is 31.9 Å². The number of hydrogen-bond acceptors (Lipinski definition) is 19. The summed E-state index contributed by atoms with van der Waals surface area (Å²) in [6.45, 7) is -0.0896. The Morgan fingerprint density at radius 1 is 0.442 bits per heavy atom. The summed E-state index contributed by atoms with van der Waals surface area (Å²) in [7, 11) is 4.41. The zero-order valence-electron chi connectivity index (χ0n) is 50.4. The Bertz CT molecular complexity index is 4200. The van der Waals surface area contributed by atoms with E-state index < -0.39 is 83.8 Å². The average Bonchev–Trinajstić information content (AvgIpc) is 1.65. The van der Waals surface area contributed by atoms with Crippen LogP contribution in [0.1, 0.15) is 95.7 Å². The molecule has 0 radical (unpaired) electrons. The van der Waals surface area contributed by atoms with Crippen molar-refractivity contribution in [2.45, 2.75) is 12.8 Å². The Hall–Kier alpha value is -13.6. The minimum Gasteiger partial charge on any atom is -0.370 e. The lowest BCUT2D eigenvalue weighted by molar-refractivity contribution is -0.123. The van der Waals surface area contributed by atoms with Crippen molar-refractivity contribution in [2.24, 2.45) is 10.7 Å². The molecule has 6 N–H and O–H groups in total. The van der Waals surface area contributed by atoms with Crippen LogP contribution in [0.4, 0.5) is 19.2 Å². The maximum Gasteiger partial charge on any atom is 0.349 e. The summed E-state index contributed by atoms with van der Waals surface area (Å²) in [5.74, 6) is -5.28. The van der Waals surface area contributed by atoms with Crippen molar-refractivity contribution in [3.8, 4) is 0 Å². The number of hydrogen-bond donors (Lipinski definition) is 5. The SMILES string of the molecule is CN=C(N)NCCCN(C(=O)n1ccnc1)N1C(=O)c2ccccc2C1=O.CNC(=O)CCN(C(=O)n1ccnc1)N1C(=O)c2ccccc2C1=O.CNC(=O)CN(C(=O)n1ccnc1)N1C(=O)c2ccccc2C1=O.O=C1c2ccccc2C(=O)N1NC(=O)n1ccnc1. The van der Waals surface area contributed by atoms with Crippen molar-refractivity contribution in [3.63, 3.8) is 0 Å². The molecule has 0 saturated heterocycles. The van der Waals surface area contributed by atoms with Crippen molar-refractivity contribution in [1.82, 2.24) is 94.6 Å². The maximum absolute atomic E-state index is 12.9. The van der Waals surface area contributed by atoms with E-state index in [0.29, 0.717) is 23.0 Å².